The summed E-state index contributed by atoms with van der Waals surface area (Å²) in [6.07, 6.45) is 9.20. The van der Waals surface area contributed by atoms with Crippen LogP contribution in [0.3, 0.4) is 0 Å². The van der Waals surface area contributed by atoms with Crippen molar-refractivity contribution in [3.8, 4) is 44.5 Å². The molecule has 0 amide bonds. The maximum absolute atomic E-state index is 2.37. The Hall–Kier alpha value is -8.72. The predicted octanol–water partition coefficient (Wildman–Crippen LogP) is 18.9. The minimum atomic E-state index is 1.17. The number of fused-ring (bicyclic) bond motifs is 4. The normalized spacial score (nSPS) is 12.3. The van der Waals surface area contributed by atoms with Gasteiger partial charge in [0.15, 0.2) is 0 Å². The number of hydrogen-bond acceptors (Lipinski definition) is 2. The van der Waals surface area contributed by atoms with E-state index in [1.54, 1.807) is 0 Å². The fourth-order valence-corrected chi connectivity index (χ4v) is 10.8. The van der Waals surface area contributed by atoms with E-state index in [0.717, 1.165) is 0 Å². The summed E-state index contributed by atoms with van der Waals surface area (Å²) in [4.78, 5) is 4.53. The van der Waals surface area contributed by atoms with Gasteiger partial charge in [0.25, 0.3) is 0 Å². The SMILES string of the molecule is Cc1ccc(-c2c3ccccc3c(-c3ccc(N(C)c4cccc(-c5ccc6c(c5)CC6)c4)cc3)c3ccccc23)cc1.Cc1ccc(/C=C/c2ccc(N(C)c3cccc(-c4ccc5c(c4)CC5)c3)cc2)cc1. The van der Waals surface area contributed by atoms with E-state index in [1.165, 1.54) is 159 Å². The zero-order chi connectivity index (χ0) is 50.1. The van der Waals surface area contributed by atoms with Crippen molar-refractivity contribution in [2.75, 3.05) is 23.9 Å². The molecule has 11 aromatic rings. The maximum Gasteiger partial charge on any atom is 0.0414 e. The summed E-state index contributed by atoms with van der Waals surface area (Å²) in [6.45, 7) is 4.26. The lowest BCUT2D eigenvalue weighted by Gasteiger charge is -2.22. The molecular weight excluding hydrogens is 893 g/mol. The summed E-state index contributed by atoms with van der Waals surface area (Å²) in [5, 5.41) is 5.14. The van der Waals surface area contributed by atoms with Gasteiger partial charge in [-0.3, -0.25) is 0 Å². The highest BCUT2D eigenvalue weighted by atomic mass is 15.1. The summed E-state index contributed by atoms with van der Waals surface area (Å²) >= 11 is 0. The number of rotatable bonds is 10. The molecule has 11 aromatic carbocycles. The molecule has 0 saturated heterocycles. The second-order valence-electron chi connectivity index (χ2n) is 20.3. The fraction of sp³-hybridized carbons (Fsp3) is 0.111. The first-order valence-electron chi connectivity index (χ1n) is 26.2. The molecule has 2 heteroatoms. The molecule has 0 saturated carbocycles. The largest absolute Gasteiger partial charge is 0.345 e. The number of hydrogen-bond donors (Lipinski definition) is 0. The van der Waals surface area contributed by atoms with Crippen molar-refractivity contribution < 1.29 is 0 Å². The third kappa shape index (κ3) is 9.32. The van der Waals surface area contributed by atoms with Crippen LogP contribution < -0.4 is 9.80 Å². The van der Waals surface area contributed by atoms with Gasteiger partial charge in [-0.2, -0.15) is 0 Å². The van der Waals surface area contributed by atoms with Crippen LogP contribution in [0, 0.1) is 13.8 Å². The average molecular weight is 953 g/mol. The number of aryl methyl sites for hydroxylation is 6. The lowest BCUT2D eigenvalue weighted by Crippen LogP contribution is -2.09. The molecule has 0 N–H and O–H groups in total. The van der Waals surface area contributed by atoms with E-state index in [-0.39, 0.29) is 0 Å². The van der Waals surface area contributed by atoms with Gasteiger partial charge in [0.1, 0.15) is 0 Å². The van der Waals surface area contributed by atoms with Gasteiger partial charge in [0.2, 0.25) is 0 Å². The summed E-state index contributed by atoms with van der Waals surface area (Å²) < 4.78 is 0. The molecule has 0 unspecified atom stereocenters. The first-order chi connectivity index (χ1) is 36.3. The topological polar surface area (TPSA) is 6.48 Å². The van der Waals surface area contributed by atoms with Crippen LogP contribution in [0.2, 0.25) is 0 Å². The Morgan fingerprint density at radius 2 is 0.622 bits per heavy atom. The molecule has 74 heavy (non-hydrogen) atoms. The molecule has 2 aliphatic rings. The monoisotopic (exact) mass is 952 g/mol. The summed E-state index contributed by atoms with van der Waals surface area (Å²) in [5.41, 5.74) is 26.0. The quantitative estimate of drug-likeness (QED) is 0.0996. The van der Waals surface area contributed by atoms with Crippen molar-refractivity contribution in [2.45, 2.75) is 39.5 Å². The molecule has 2 nitrogen and oxygen atoms in total. The second-order valence-corrected chi connectivity index (χ2v) is 20.3. The highest BCUT2D eigenvalue weighted by Crippen LogP contribution is 2.44. The first kappa shape index (κ1) is 46.4. The van der Waals surface area contributed by atoms with Gasteiger partial charge >= 0.3 is 0 Å². The molecule has 0 aromatic heterocycles. The Bertz CT molecular complexity index is 3800. The van der Waals surface area contributed by atoms with Crippen LogP contribution in [-0.4, -0.2) is 14.1 Å². The van der Waals surface area contributed by atoms with Gasteiger partial charge in [-0.1, -0.05) is 205 Å². The van der Waals surface area contributed by atoms with E-state index in [9.17, 15) is 0 Å². The molecule has 0 atom stereocenters. The Morgan fingerprint density at radius 1 is 0.284 bits per heavy atom. The van der Waals surface area contributed by atoms with Crippen molar-refractivity contribution >= 4 is 56.4 Å². The Kier molecular flexibility index (Phi) is 12.6. The molecule has 0 fully saturated rings. The van der Waals surface area contributed by atoms with E-state index in [2.05, 4.69) is 280 Å². The van der Waals surface area contributed by atoms with Crippen molar-refractivity contribution in [1.29, 1.82) is 0 Å². The summed E-state index contributed by atoms with van der Waals surface area (Å²) in [5.74, 6) is 0. The van der Waals surface area contributed by atoms with Crippen molar-refractivity contribution in [1.82, 2.24) is 0 Å². The van der Waals surface area contributed by atoms with Gasteiger partial charge in [-0.05, 0) is 187 Å². The molecule has 13 rings (SSSR count). The zero-order valence-corrected chi connectivity index (χ0v) is 42.8. The fourth-order valence-electron chi connectivity index (χ4n) is 10.8. The molecule has 0 aliphatic heterocycles. The summed E-state index contributed by atoms with van der Waals surface area (Å²) in [7, 11) is 4.29. The first-order valence-corrected chi connectivity index (χ1v) is 26.2. The Balaban J connectivity index is 0.000000159. The molecular formula is C72H60N2. The van der Waals surface area contributed by atoms with E-state index in [0.29, 0.717) is 0 Å². The predicted molar refractivity (Wildman–Crippen MR) is 318 cm³/mol. The lowest BCUT2D eigenvalue weighted by atomic mass is 9.86. The molecule has 358 valence electrons. The number of benzene rings is 11. The highest BCUT2D eigenvalue weighted by Gasteiger charge is 2.19. The molecule has 0 heterocycles. The average Bonchev–Trinajstić information content (AvgIpc) is 3.44. The third-order valence-corrected chi connectivity index (χ3v) is 15.5. The molecule has 0 radical (unpaired) electrons. The van der Waals surface area contributed by atoms with Crippen LogP contribution in [0.25, 0.3) is 78.2 Å². The third-order valence-electron chi connectivity index (χ3n) is 15.5. The van der Waals surface area contributed by atoms with E-state index < -0.39 is 0 Å². The standard InChI is InChI=1S/C42H33N.C30H27N/c1-28-14-16-30(17-15-28)41-37-10-3-5-12-39(37)42(40-13-6-4-11-38(40)41)31-22-24-35(25-23-31)43(2)36-9-7-8-32(27-36)34-21-19-29-18-20-33(29)26-34;1-22-6-8-23(9-7-22)10-11-24-12-18-29(19-13-24)31(2)30-5-3-4-26(21-30)28-17-15-25-14-16-27(25)20-28/h3-17,19,21-27H,18,20H2,1-2H3;3-13,15,17-21H,14,16H2,1-2H3/b;11-10+. The van der Waals surface area contributed by atoms with Gasteiger partial charge in [0, 0.05) is 36.8 Å². The van der Waals surface area contributed by atoms with Gasteiger partial charge in [-0.25, -0.2) is 0 Å². The maximum atomic E-state index is 2.37. The number of anilines is 4. The second kappa shape index (κ2) is 20.1. The van der Waals surface area contributed by atoms with Gasteiger partial charge < -0.3 is 9.80 Å². The van der Waals surface area contributed by atoms with E-state index in [1.807, 2.05) is 0 Å². The van der Waals surface area contributed by atoms with Crippen LogP contribution >= 0.6 is 0 Å². The highest BCUT2D eigenvalue weighted by molar-refractivity contribution is 6.21. The van der Waals surface area contributed by atoms with E-state index in [4.69, 9.17) is 0 Å². The van der Waals surface area contributed by atoms with Crippen LogP contribution in [-0.2, 0) is 25.7 Å². The van der Waals surface area contributed by atoms with Crippen molar-refractivity contribution in [3.05, 3.63) is 275 Å². The van der Waals surface area contributed by atoms with Crippen molar-refractivity contribution in [3.63, 3.8) is 0 Å². The Morgan fingerprint density at radius 3 is 1.01 bits per heavy atom. The van der Waals surface area contributed by atoms with Crippen LogP contribution in [0.4, 0.5) is 22.7 Å². The minimum absolute atomic E-state index is 1.17. The summed E-state index contributed by atoms with van der Waals surface area (Å²) in [6, 6.07) is 84.6. The van der Waals surface area contributed by atoms with Gasteiger partial charge in [-0.15, -0.1) is 0 Å². The molecule has 0 bridgehead atoms. The van der Waals surface area contributed by atoms with Gasteiger partial charge in [0.05, 0.1) is 0 Å². The Labute approximate surface area is 437 Å². The zero-order valence-electron chi connectivity index (χ0n) is 42.8. The van der Waals surface area contributed by atoms with Crippen molar-refractivity contribution in [2.24, 2.45) is 0 Å². The molecule has 2 aliphatic carbocycles. The van der Waals surface area contributed by atoms with E-state index >= 15 is 0 Å². The molecule has 0 spiro atoms. The minimum Gasteiger partial charge on any atom is -0.345 e. The van der Waals surface area contributed by atoms with Crippen LogP contribution in [0.15, 0.2) is 231 Å². The van der Waals surface area contributed by atoms with Crippen LogP contribution in [0.5, 0.6) is 0 Å². The number of nitrogens with zero attached hydrogens (tertiary/aromatic N) is 2. The smallest absolute Gasteiger partial charge is 0.0414 e. The lowest BCUT2D eigenvalue weighted by molar-refractivity contribution is 0.840. The van der Waals surface area contributed by atoms with Crippen LogP contribution in [0.1, 0.15) is 44.5 Å².